The molecule has 0 spiro atoms. The molecule has 0 bridgehead atoms. The summed E-state index contributed by atoms with van der Waals surface area (Å²) in [5.41, 5.74) is 1.77. The first kappa shape index (κ1) is 21.0. The summed E-state index contributed by atoms with van der Waals surface area (Å²) in [5, 5.41) is 2.75. The van der Waals surface area contributed by atoms with Crippen LogP contribution in [0.2, 0.25) is 0 Å². The van der Waals surface area contributed by atoms with Crippen LogP contribution in [0.3, 0.4) is 0 Å². The average Bonchev–Trinajstić information content (AvgIpc) is 3.25. The Hall–Kier alpha value is -3.27. The molecule has 0 unspecified atom stereocenters. The van der Waals surface area contributed by atoms with Gasteiger partial charge in [0.25, 0.3) is 0 Å². The number of cyclic esters (lactones) is 1. The summed E-state index contributed by atoms with van der Waals surface area (Å²) in [6.07, 6.45) is -0.287. The van der Waals surface area contributed by atoms with E-state index in [9.17, 15) is 18.0 Å². The smallest absolute Gasteiger partial charge is 0.343 e. The van der Waals surface area contributed by atoms with E-state index in [4.69, 9.17) is 14.2 Å². The Bertz CT molecular complexity index is 1150. The highest BCUT2D eigenvalue weighted by Crippen LogP contribution is 2.43. The number of esters is 1. The van der Waals surface area contributed by atoms with E-state index < -0.39 is 22.1 Å². The number of fused-ring (bicyclic) bond motifs is 1. The van der Waals surface area contributed by atoms with Crippen molar-refractivity contribution in [3.05, 3.63) is 47.5 Å². The van der Waals surface area contributed by atoms with Gasteiger partial charge in [-0.25, -0.2) is 13.2 Å². The second-order valence-electron chi connectivity index (χ2n) is 7.20. The van der Waals surface area contributed by atoms with Crippen molar-refractivity contribution in [3.8, 4) is 11.5 Å². The number of hydrogen-bond donors (Lipinski definition) is 1. The number of carbonyl (C=O) groups excluding carboxylic acids is 2. The highest BCUT2D eigenvalue weighted by molar-refractivity contribution is 7.93. The van der Waals surface area contributed by atoms with Crippen molar-refractivity contribution in [2.24, 2.45) is 0 Å². The van der Waals surface area contributed by atoms with E-state index in [1.807, 2.05) is 0 Å². The van der Waals surface area contributed by atoms with E-state index in [2.05, 4.69) is 5.32 Å². The van der Waals surface area contributed by atoms with Gasteiger partial charge in [-0.15, -0.1) is 0 Å². The molecule has 0 radical (unpaired) electrons. The molecule has 31 heavy (non-hydrogen) atoms. The fraction of sp³-hybridized carbons (Fsp3) is 0.333. The van der Waals surface area contributed by atoms with E-state index in [1.54, 1.807) is 36.4 Å². The first-order chi connectivity index (χ1) is 14.8. The molecule has 164 valence electrons. The van der Waals surface area contributed by atoms with Gasteiger partial charge in [0, 0.05) is 17.8 Å². The van der Waals surface area contributed by atoms with Crippen molar-refractivity contribution < 1.29 is 32.2 Å². The molecule has 0 aliphatic carbocycles. The van der Waals surface area contributed by atoms with Gasteiger partial charge in [0.15, 0.2) is 11.5 Å². The van der Waals surface area contributed by atoms with Crippen LogP contribution in [0.1, 0.15) is 34.9 Å². The summed E-state index contributed by atoms with van der Waals surface area (Å²) in [5.74, 6) is -0.166. The lowest BCUT2D eigenvalue weighted by molar-refractivity contribution is -0.118. The second kappa shape index (κ2) is 8.10. The zero-order chi connectivity index (χ0) is 22.2. The normalized spacial score (nSPS) is 19.0. The summed E-state index contributed by atoms with van der Waals surface area (Å²) in [4.78, 5) is 25.0. The Balaban J connectivity index is 1.50. The number of nitrogens with zero attached hydrogens (tertiary/aromatic N) is 1. The third-order valence-electron chi connectivity index (χ3n) is 5.27. The summed E-state index contributed by atoms with van der Waals surface area (Å²) in [6.45, 7) is 0.417. The van der Waals surface area contributed by atoms with Crippen LogP contribution in [-0.4, -0.2) is 46.8 Å². The van der Waals surface area contributed by atoms with Crippen molar-refractivity contribution in [2.75, 3.05) is 36.1 Å². The Morgan fingerprint density at radius 3 is 2.71 bits per heavy atom. The molecule has 2 aliphatic heterocycles. The van der Waals surface area contributed by atoms with Gasteiger partial charge in [-0.3, -0.25) is 9.10 Å². The van der Waals surface area contributed by atoms with Crippen molar-refractivity contribution >= 4 is 33.3 Å². The minimum absolute atomic E-state index is 0.0968. The summed E-state index contributed by atoms with van der Waals surface area (Å²) >= 11 is 0. The minimum atomic E-state index is -3.31. The van der Waals surface area contributed by atoms with E-state index in [-0.39, 0.29) is 29.4 Å². The lowest BCUT2D eigenvalue weighted by Gasteiger charge is -2.18. The number of sulfonamides is 1. The maximum Gasteiger partial charge on any atom is 0.343 e. The van der Waals surface area contributed by atoms with E-state index >= 15 is 0 Å². The third kappa shape index (κ3) is 3.90. The zero-order valence-electron chi connectivity index (χ0n) is 17.1. The van der Waals surface area contributed by atoms with Gasteiger partial charge in [-0.1, -0.05) is 12.1 Å². The first-order valence-corrected chi connectivity index (χ1v) is 11.3. The quantitative estimate of drug-likeness (QED) is 0.679. The number of ether oxygens (including phenoxy) is 3. The zero-order valence-corrected chi connectivity index (χ0v) is 17.9. The average molecular weight is 446 g/mol. The molecule has 1 atom stereocenters. The largest absolute Gasteiger partial charge is 0.493 e. The van der Waals surface area contributed by atoms with Crippen LogP contribution < -0.4 is 19.1 Å². The monoisotopic (exact) mass is 446 g/mol. The predicted octanol–water partition coefficient (Wildman–Crippen LogP) is 2.48. The van der Waals surface area contributed by atoms with Gasteiger partial charge in [0.1, 0.15) is 11.7 Å². The molecule has 0 aromatic heterocycles. The Kier molecular flexibility index (Phi) is 5.48. The number of amides is 1. The number of anilines is 2. The minimum Gasteiger partial charge on any atom is -0.493 e. The number of nitrogens with one attached hydrogen (secondary N) is 1. The van der Waals surface area contributed by atoms with E-state index in [0.29, 0.717) is 35.7 Å². The maximum atomic E-state index is 12.6. The van der Waals surface area contributed by atoms with E-state index in [0.717, 1.165) is 0 Å². The van der Waals surface area contributed by atoms with Gasteiger partial charge in [-0.2, -0.15) is 0 Å². The number of benzene rings is 2. The van der Waals surface area contributed by atoms with Crippen molar-refractivity contribution in [2.45, 2.75) is 18.9 Å². The van der Waals surface area contributed by atoms with Crippen LogP contribution in [0.4, 0.5) is 11.4 Å². The summed E-state index contributed by atoms with van der Waals surface area (Å²) in [6, 6.07) is 9.99. The van der Waals surface area contributed by atoms with Crippen LogP contribution in [0, 0.1) is 0 Å². The van der Waals surface area contributed by atoms with Gasteiger partial charge < -0.3 is 19.5 Å². The molecule has 4 rings (SSSR count). The molecule has 0 saturated carbocycles. The van der Waals surface area contributed by atoms with Gasteiger partial charge >= 0.3 is 5.97 Å². The third-order valence-corrected chi connectivity index (χ3v) is 7.14. The van der Waals surface area contributed by atoms with E-state index in [1.165, 1.54) is 18.5 Å². The Morgan fingerprint density at radius 2 is 2.03 bits per heavy atom. The number of carbonyl (C=O) groups is 2. The number of hydrogen-bond acceptors (Lipinski definition) is 7. The summed E-state index contributed by atoms with van der Waals surface area (Å²) < 4.78 is 41.5. The second-order valence-corrected chi connectivity index (χ2v) is 9.22. The Labute approximate surface area is 179 Å². The number of methoxy groups -OCH3 is 2. The molecule has 2 aromatic rings. The fourth-order valence-corrected chi connectivity index (χ4v) is 5.43. The van der Waals surface area contributed by atoms with Gasteiger partial charge in [0.05, 0.1) is 32.1 Å². The highest BCUT2D eigenvalue weighted by Gasteiger charge is 2.37. The van der Waals surface area contributed by atoms with Crippen LogP contribution in [-0.2, 0) is 19.6 Å². The molecule has 2 heterocycles. The molecule has 9 nitrogen and oxygen atoms in total. The van der Waals surface area contributed by atoms with Crippen molar-refractivity contribution in [3.63, 3.8) is 0 Å². The lowest BCUT2D eigenvalue weighted by Crippen LogP contribution is -2.25. The highest BCUT2D eigenvalue weighted by atomic mass is 32.2. The molecule has 1 fully saturated rings. The molecular formula is C21H22N2O7S. The van der Waals surface area contributed by atoms with Crippen LogP contribution >= 0.6 is 0 Å². The fourth-order valence-electron chi connectivity index (χ4n) is 3.87. The Morgan fingerprint density at radius 1 is 1.23 bits per heavy atom. The van der Waals surface area contributed by atoms with Crippen molar-refractivity contribution in [1.29, 1.82) is 0 Å². The molecule has 1 N–H and O–H groups in total. The predicted molar refractivity (Wildman–Crippen MR) is 113 cm³/mol. The van der Waals surface area contributed by atoms with Crippen LogP contribution in [0.5, 0.6) is 11.5 Å². The maximum absolute atomic E-state index is 12.6. The molecule has 1 amide bonds. The van der Waals surface area contributed by atoms with Gasteiger partial charge in [-0.05, 0) is 30.7 Å². The van der Waals surface area contributed by atoms with Gasteiger partial charge in [0.2, 0.25) is 15.9 Å². The van der Waals surface area contributed by atoms with Crippen LogP contribution in [0.25, 0.3) is 0 Å². The SMILES string of the molecule is COc1ccc2c(c1OC)C(=O)O[C@H]2CC(=O)Nc1cccc(N2CCCS2(=O)=O)c1. The number of rotatable bonds is 6. The molecular weight excluding hydrogens is 424 g/mol. The topological polar surface area (TPSA) is 111 Å². The van der Waals surface area contributed by atoms with Crippen LogP contribution in [0.15, 0.2) is 36.4 Å². The lowest BCUT2D eigenvalue weighted by atomic mass is 10.0. The molecule has 1 saturated heterocycles. The standard InChI is InChI=1S/C21H22N2O7S/c1-28-16-8-7-15-17(30-21(25)19(15)20(16)29-2)12-18(24)22-13-5-3-6-14(11-13)23-9-4-10-31(23,26)27/h3,5-8,11,17H,4,9-10,12H2,1-2H3,(H,22,24)/t17-/m0/s1. The van der Waals surface area contributed by atoms with Crippen molar-refractivity contribution in [1.82, 2.24) is 0 Å². The molecule has 2 aromatic carbocycles. The first-order valence-electron chi connectivity index (χ1n) is 9.70. The molecule has 10 heteroatoms. The summed E-state index contributed by atoms with van der Waals surface area (Å²) in [7, 11) is -0.416. The molecule has 2 aliphatic rings.